The first-order valence-corrected chi connectivity index (χ1v) is 10.4. The number of benzene rings is 1. The molecule has 2 saturated carbocycles. The number of carbonyl (C=O) groups is 1. The SMILES string of the molecule is O=C(C1CCC2(CC1)CC2)N1CCC(N2CCc3ccccc32)CC1. The predicted octanol–water partition coefficient (Wildman–Crippen LogP) is 4.01. The van der Waals surface area contributed by atoms with Gasteiger partial charge in [-0.05, 0) is 74.8 Å². The first kappa shape index (κ1) is 15.7. The minimum absolute atomic E-state index is 0.329. The molecule has 0 bridgehead atoms. The Hall–Kier alpha value is -1.51. The second kappa shape index (κ2) is 6.03. The van der Waals surface area contributed by atoms with Gasteiger partial charge in [-0.1, -0.05) is 18.2 Å². The van der Waals surface area contributed by atoms with Crippen LogP contribution in [0.25, 0.3) is 0 Å². The molecule has 1 amide bonds. The van der Waals surface area contributed by atoms with E-state index in [0.29, 0.717) is 23.3 Å². The van der Waals surface area contributed by atoms with Crippen LogP contribution in [-0.2, 0) is 11.2 Å². The van der Waals surface area contributed by atoms with Crippen molar-refractivity contribution in [2.75, 3.05) is 24.5 Å². The number of hydrogen-bond donors (Lipinski definition) is 0. The zero-order valence-electron chi connectivity index (χ0n) is 15.3. The van der Waals surface area contributed by atoms with Gasteiger partial charge in [-0.15, -0.1) is 0 Å². The molecular formula is C22H30N2O. The molecule has 134 valence electrons. The van der Waals surface area contributed by atoms with Gasteiger partial charge in [0.1, 0.15) is 0 Å². The third-order valence-corrected chi connectivity index (χ3v) is 7.49. The summed E-state index contributed by atoms with van der Waals surface area (Å²) in [5.74, 6) is 0.797. The fourth-order valence-electron chi connectivity index (χ4n) is 5.55. The molecule has 0 aromatic heterocycles. The minimum Gasteiger partial charge on any atom is -0.368 e. The molecule has 0 N–H and O–H groups in total. The molecule has 0 unspecified atom stereocenters. The summed E-state index contributed by atoms with van der Waals surface area (Å²) in [6.07, 6.45) is 11.2. The van der Waals surface area contributed by atoms with E-state index in [4.69, 9.17) is 0 Å². The highest BCUT2D eigenvalue weighted by molar-refractivity contribution is 5.79. The maximum absolute atomic E-state index is 12.9. The van der Waals surface area contributed by atoms with E-state index >= 15 is 0 Å². The Labute approximate surface area is 151 Å². The average molecular weight is 338 g/mol. The molecular weight excluding hydrogens is 308 g/mol. The van der Waals surface area contributed by atoms with Crippen LogP contribution in [0.3, 0.4) is 0 Å². The van der Waals surface area contributed by atoms with Crippen LogP contribution in [0, 0.1) is 11.3 Å². The van der Waals surface area contributed by atoms with Crippen LogP contribution >= 0.6 is 0 Å². The van der Waals surface area contributed by atoms with Crippen LogP contribution in [0.15, 0.2) is 24.3 Å². The lowest BCUT2D eigenvalue weighted by atomic mass is 9.79. The van der Waals surface area contributed by atoms with Gasteiger partial charge < -0.3 is 9.80 Å². The molecule has 1 spiro atoms. The highest BCUT2D eigenvalue weighted by Gasteiger charge is 2.46. The molecule has 5 rings (SSSR count). The summed E-state index contributed by atoms with van der Waals surface area (Å²) in [6, 6.07) is 9.47. The van der Waals surface area contributed by atoms with Crippen LogP contribution in [0.2, 0.25) is 0 Å². The highest BCUT2D eigenvalue weighted by Crippen LogP contribution is 2.57. The van der Waals surface area contributed by atoms with E-state index in [1.807, 2.05) is 0 Å². The summed E-state index contributed by atoms with van der Waals surface area (Å²) < 4.78 is 0. The van der Waals surface area contributed by atoms with E-state index in [9.17, 15) is 4.79 Å². The number of rotatable bonds is 2. The van der Waals surface area contributed by atoms with E-state index in [2.05, 4.69) is 34.1 Å². The number of hydrogen-bond acceptors (Lipinski definition) is 2. The lowest BCUT2D eigenvalue weighted by Gasteiger charge is -2.40. The van der Waals surface area contributed by atoms with E-state index in [-0.39, 0.29) is 0 Å². The van der Waals surface area contributed by atoms with Gasteiger partial charge in [0, 0.05) is 37.3 Å². The molecule has 1 aromatic rings. The van der Waals surface area contributed by atoms with Crippen molar-refractivity contribution < 1.29 is 4.79 Å². The Bertz CT molecular complexity index is 648. The molecule has 2 aliphatic carbocycles. The summed E-state index contributed by atoms with van der Waals surface area (Å²) in [4.78, 5) is 17.7. The highest BCUT2D eigenvalue weighted by atomic mass is 16.2. The third kappa shape index (κ3) is 2.86. The lowest BCUT2D eigenvalue weighted by Crippen LogP contribution is -2.48. The molecule has 2 heterocycles. The fraction of sp³-hybridized carbons (Fsp3) is 0.682. The number of fused-ring (bicyclic) bond motifs is 1. The number of piperidine rings is 1. The molecule has 3 heteroatoms. The molecule has 25 heavy (non-hydrogen) atoms. The summed E-state index contributed by atoms with van der Waals surface area (Å²) in [5.41, 5.74) is 3.62. The predicted molar refractivity (Wildman–Crippen MR) is 101 cm³/mol. The van der Waals surface area contributed by atoms with Gasteiger partial charge in [-0.25, -0.2) is 0 Å². The smallest absolute Gasteiger partial charge is 0.225 e. The fourth-order valence-corrected chi connectivity index (χ4v) is 5.55. The first-order valence-electron chi connectivity index (χ1n) is 10.4. The third-order valence-electron chi connectivity index (χ3n) is 7.49. The van der Waals surface area contributed by atoms with Crippen LogP contribution in [0.4, 0.5) is 5.69 Å². The largest absolute Gasteiger partial charge is 0.368 e. The number of para-hydroxylation sites is 1. The average Bonchev–Trinajstić information content (AvgIpc) is 3.28. The molecule has 0 atom stereocenters. The van der Waals surface area contributed by atoms with Crippen molar-refractivity contribution >= 4 is 11.6 Å². The van der Waals surface area contributed by atoms with Gasteiger partial charge in [-0.3, -0.25) is 4.79 Å². The molecule has 2 aliphatic heterocycles. The van der Waals surface area contributed by atoms with Crippen molar-refractivity contribution in [2.45, 2.75) is 63.8 Å². The van der Waals surface area contributed by atoms with Gasteiger partial charge in [0.2, 0.25) is 5.91 Å². The van der Waals surface area contributed by atoms with Crippen molar-refractivity contribution in [2.24, 2.45) is 11.3 Å². The summed E-state index contributed by atoms with van der Waals surface area (Å²) in [7, 11) is 0. The van der Waals surface area contributed by atoms with Crippen LogP contribution in [-0.4, -0.2) is 36.5 Å². The van der Waals surface area contributed by atoms with Gasteiger partial charge in [0.05, 0.1) is 0 Å². The minimum atomic E-state index is 0.329. The van der Waals surface area contributed by atoms with Gasteiger partial charge in [0.15, 0.2) is 0 Å². The van der Waals surface area contributed by atoms with Gasteiger partial charge in [0.25, 0.3) is 0 Å². The Balaban J connectivity index is 1.17. The van der Waals surface area contributed by atoms with Crippen molar-refractivity contribution in [3.63, 3.8) is 0 Å². The van der Waals surface area contributed by atoms with Crippen molar-refractivity contribution in [3.05, 3.63) is 29.8 Å². The Morgan fingerprint density at radius 2 is 1.64 bits per heavy atom. The summed E-state index contributed by atoms with van der Waals surface area (Å²) >= 11 is 0. The quantitative estimate of drug-likeness (QED) is 0.813. The molecule has 4 aliphatic rings. The topological polar surface area (TPSA) is 23.6 Å². The Morgan fingerprint density at radius 3 is 2.36 bits per heavy atom. The second-order valence-corrected chi connectivity index (χ2v) is 8.90. The van der Waals surface area contributed by atoms with Crippen LogP contribution in [0.5, 0.6) is 0 Å². The molecule has 1 saturated heterocycles. The Kier molecular flexibility index (Phi) is 3.79. The summed E-state index contributed by atoms with van der Waals surface area (Å²) in [6.45, 7) is 3.08. The maximum Gasteiger partial charge on any atom is 0.225 e. The normalized spacial score (nSPS) is 26.1. The van der Waals surface area contributed by atoms with E-state index < -0.39 is 0 Å². The molecule has 1 aromatic carbocycles. The van der Waals surface area contributed by atoms with Crippen LogP contribution in [0.1, 0.15) is 56.9 Å². The standard InChI is InChI=1S/C22H30N2O/c25-21(18-5-10-22(11-6-18)12-13-22)23-14-8-19(9-15-23)24-16-7-17-3-1-2-4-20(17)24/h1-4,18-19H,5-16H2. The van der Waals surface area contributed by atoms with Crippen molar-refractivity contribution in [1.82, 2.24) is 4.90 Å². The first-order chi connectivity index (χ1) is 12.2. The van der Waals surface area contributed by atoms with Gasteiger partial charge >= 0.3 is 0 Å². The number of anilines is 1. The Morgan fingerprint density at radius 1 is 0.920 bits per heavy atom. The zero-order chi connectivity index (χ0) is 16.9. The maximum atomic E-state index is 12.9. The van der Waals surface area contributed by atoms with Crippen LogP contribution < -0.4 is 4.90 Å². The number of amides is 1. The van der Waals surface area contributed by atoms with E-state index in [0.717, 1.165) is 45.3 Å². The van der Waals surface area contributed by atoms with Gasteiger partial charge in [-0.2, -0.15) is 0 Å². The summed E-state index contributed by atoms with van der Waals surface area (Å²) in [5, 5.41) is 0. The second-order valence-electron chi connectivity index (χ2n) is 8.90. The number of carbonyl (C=O) groups excluding carboxylic acids is 1. The lowest BCUT2D eigenvalue weighted by molar-refractivity contribution is -0.138. The molecule has 3 fully saturated rings. The van der Waals surface area contributed by atoms with E-state index in [1.54, 1.807) is 0 Å². The van der Waals surface area contributed by atoms with Crippen molar-refractivity contribution in [1.29, 1.82) is 0 Å². The van der Waals surface area contributed by atoms with Crippen molar-refractivity contribution in [3.8, 4) is 0 Å². The molecule has 0 radical (unpaired) electrons. The molecule has 3 nitrogen and oxygen atoms in total. The monoisotopic (exact) mass is 338 g/mol. The zero-order valence-corrected chi connectivity index (χ0v) is 15.3. The van der Waals surface area contributed by atoms with E-state index in [1.165, 1.54) is 43.4 Å². The number of nitrogens with zero attached hydrogens (tertiary/aromatic N) is 2. The number of likely N-dealkylation sites (tertiary alicyclic amines) is 1.